The molecule has 110 valence electrons. The summed E-state index contributed by atoms with van der Waals surface area (Å²) in [4.78, 5) is 0.324. The zero-order chi connectivity index (χ0) is 14.9. The number of rotatable bonds is 3. The van der Waals surface area contributed by atoms with Crippen LogP contribution in [0.3, 0.4) is 0 Å². The van der Waals surface area contributed by atoms with E-state index in [1.807, 2.05) is 24.3 Å². The van der Waals surface area contributed by atoms with E-state index in [9.17, 15) is 8.42 Å². The van der Waals surface area contributed by atoms with E-state index >= 15 is 0 Å². The molecule has 6 heteroatoms. The molecule has 0 amide bonds. The highest BCUT2D eigenvalue weighted by atomic mass is 35.5. The van der Waals surface area contributed by atoms with E-state index in [1.54, 1.807) is 42.1 Å². The Morgan fingerprint density at radius 2 is 1.71 bits per heavy atom. The predicted octanol–water partition coefficient (Wildman–Crippen LogP) is 3.78. The van der Waals surface area contributed by atoms with Crippen molar-refractivity contribution in [3.05, 3.63) is 65.2 Å². The fourth-order valence-electron chi connectivity index (χ4n) is 2.35. The van der Waals surface area contributed by atoms with Gasteiger partial charge in [-0.2, -0.15) is 4.31 Å². The predicted molar refractivity (Wildman–Crippen MR) is 87.0 cm³/mol. The summed E-state index contributed by atoms with van der Waals surface area (Å²) >= 11 is 7.83. The van der Waals surface area contributed by atoms with Crippen molar-refractivity contribution in [2.75, 3.05) is 12.3 Å². The first-order valence-electron chi connectivity index (χ1n) is 6.53. The van der Waals surface area contributed by atoms with Crippen LogP contribution in [0.5, 0.6) is 0 Å². The highest BCUT2D eigenvalue weighted by Crippen LogP contribution is 2.43. The van der Waals surface area contributed by atoms with Gasteiger partial charge in [-0.1, -0.05) is 48.0 Å². The third-order valence-corrected chi connectivity index (χ3v) is 6.97. The molecule has 3 nitrogen and oxygen atoms in total. The van der Waals surface area contributed by atoms with Crippen molar-refractivity contribution in [1.82, 2.24) is 4.31 Å². The zero-order valence-electron chi connectivity index (χ0n) is 11.1. The van der Waals surface area contributed by atoms with Gasteiger partial charge in [-0.15, -0.1) is 11.8 Å². The lowest BCUT2D eigenvalue weighted by Crippen LogP contribution is -2.30. The molecule has 21 heavy (non-hydrogen) atoms. The van der Waals surface area contributed by atoms with Gasteiger partial charge in [-0.25, -0.2) is 8.42 Å². The van der Waals surface area contributed by atoms with Crippen LogP contribution in [0.15, 0.2) is 59.5 Å². The SMILES string of the molecule is O=S(=O)(c1ccccc1)N1CCSC1c1ccccc1Cl. The number of benzene rings is 2. The third kappa shape index (κ3) is 2.83. The average molecular weight is 340 g/mol. The van der Waals surface area contributed by atoms with Gasteiger partial charge in [0.2, 0.25) is 10.0 Å². The van der Waals surface area contributed by atoms with Crippen molar-refractivity contribution in [3.63, 3.8) is 0 Å². The van der Waals surface area contributed by atoms with Crippen molar-refractivity contribution in [1.29, 1.82) is 0 Å². The quantitative estimate of drug-likeness (QED) is 0.854. The lowest BCUT2D eigenvalue weighted by molar-refractivity contribution is 0.434. The van der Waals surface area contributed by atoms with Crippen molar-refractivity contribution >= 4 is 33.4 Å². The van der Waals surface area contributed by atoms with Crippen LogP contribution in [0.25, 0.3) is 0 Å². The molecule has 0 radical (unpaired) electrons. The van der Waals surface area contributed by atoms with Crippen molar-refractivity contribution in [2.45, 2.75) is 10.3 Å². The molecule has 2 aromatic rings. The van der Waals surface area contributed by atoms with Crippen LogP contribution >= 0.6 is 23.4 Å². The molecular weight excluding hydrogens is 326 g/mol. The van der Waals surface area contributed by atoms with Gasteiger partial charge < -0.3 is 0 Å². The van der Waals surface area contributed by atoms with E-state index < -0.39 is 10.0 Å². The maximum absolute atomic E-state index is 12.8. The molecule has 3 rings (SSSR count). The van der Waals surface area contributed by atoms with Crippen LogP contribution in [-0.4, -0.2) is 25.0 Å². The molecule has 1 unspecified atom stereocenters. The second kappa shape index (κ2) is 6.01. The first kappa shape index (κ1) is 14.9. The summed E-state index contributed by atoms with van der Waals surface area (Å²) in [5.74, 6) is 0.766. The average Bonchev–Trinajstić information content (AvgIpc) is 2.99. The molecule has 1 fully saturated rings. The second-order valence-electron chi connectivity index (χ2n) is 4.67. The van der Waals surface area contributed by atoms with Gasteiger partial charge in [0, 0.05) is 17.3 Å². The van der Waals surface area contributed by atoms with Crippen molar-refractivity contribution < 1.29 is 8.42 Å². The van der Waals surface area contributed by atoms with E-state index in [0.29, 0.717) is 16.5 Å². The summed E-state index contributed by atoms with van der Waals surface area (Å²) in [7, 11) is -3.50. The molecule has 1 saturated heterocycles. The van der Waals surface area contributed by atoms with Gasteiger partial charge in [-0.05, 0) is 23.8 Å². The summed E-state index contributed by atoms with van der Waals surface area (Å²) in [6, 6.07) is 15.9. The smallest absolute Gasteiger partial charge is 0.207 e. The molecule has 2 aromatic carbocycles. The molecule has 1 aliphatic rings. The number of thioether (sulfide) groups is 1. The van der Waals surface area contributed by atoms with Crippen LogP contribution in [0.1, 0.15) is 10.9 Å². The van der Waals surface area contributed by atoms with Crippen LogP contribution in [-0.2, 0) is 10.0 Å². The zero-order valence-corrected chi connectivity index (χ0v) is 13.5. The first-order chi connectivity index (χ1) is 10.1. The largest absolute Gasteiger partial charge is 0.244 e. The molecule has 0 N–H and O–H groups in total. The topological polar surface area (TPSA) is 37.4 Å². The molecule has 0 aliphatic carbocycles. The Morgan fingerprint density at radius 1 is 1.05 bits per heavy atom. The lowest BCUT2D eigenvalue weighted by Gasteiger charge is -2.24. The molecule has 1 aliphatic heterocycles. The standard InChI is InChI=1S/C15H14ClNO2S2/c16-14-9-5-4-8-13(14)15-17(10-11-20-15)21(18,19)12-6-2-1-3-7-12/h1-9,15H,10-11H2. The fraction of sp³-hybridized carbons (Fsp3) is 0.200. The molecular formula is C15H14ClNO2S2. The van der Waals surface area contributed by atoms with E-state index in [-0.39, 0.29) is 5.37 Å². The Labute approximate surface area is 134 Å². The van der Waals surface area contributed by atoms with Crippen LogP contribution in [0.2, 0.25) is 5.02 Å². The summed E-state index contributed by atoms with van der Waals surface area (Å²) in [6.07, 6.45) is 0. The Hall–Kier alpha value is -1.01. The number of hydrogen-bond acceptors (Lipinski definition) is 3. The molecule has 0 bridgehead atoms. The molecule has 1 heterocycles. The van der Waals surface area contributed by atoms with E-state index in [0.717, 1.165) is 11.3 Å². The van der Waals surface area contributed by atoms with Gasteiger partial charge >= 0.3 is 0 Å². The number of hydrogen-bond donors (Lipinski definition) is 0. The second-order valence-corrected chi connectivity index (χ2v) is 8.16. The number of nitrogens with zero attached hydrogens (tertiary/aromatic N) is 1. The third-order valence-electron chi connectivity index (χ3n) is 3.37. The molecule has 0 saturated carbocycles. The Bertz CT molecular complexity index is 734. The molecule has 1 atom stereocenters. The van der Waals surface area contributed by atoms with Gasteiger partial charge in [0.1, 0.15) is 0 Å². The normalized spacial score (nSPS) is 19.8. The maximum Gasteiger partial charge on any atom is 0.244 e. The van der Waals surface area contributed by atoms with Gasteiger partial charge in [-0.3, -0.25) is 0 Å². The number of sulfonamides is 1. The van der Waals surface area contributed by atoms with Crippen LogP contribution in [0.4, 0.5) is 0 Å². The maximum atomic E-state index is 12.8. The molecule has 0 spiro atoms. The highest BCUT2D eigenvalue weighted by molar-refractivity contribution is 8.01. The summed E-state index contributed by atoms with van der Waals surface area (Å²) in [5.41, 5.74) is 0.848. The summed E-state index contributed by atoms with van der Waals surface area (Å²) in [6.45, 7) is 0.498. The monoisotopic (exact) mass is 339 g/mol. The summed E-state index contributed by atoms with van der Waals surface area (Å²) < 4.78 is 27.1. The Balaban J connectivity index is 2.00. The molecule has 0 aromatic heterocycles. The van der Waals surface area contributed by atoms with Crippen LogP contribution in [0, 0.1) is 0 Å². The highest BCUT2D eigenvalue weighted by Gasteiger charge is 2.37. The Morgan fingerprint density at radius 3 is 2.43 bits per heavy atom. The minimum atomic E-state index is -3.50. The van der Waals surface area contributed by atoms with E-state index in [1.165, 1.54) is 4.31 Å². The van der Waals surface area contributed by atoms with Crippen molar-refractivity contribution in [3.8, 4) is 0 Å². The van der Waals surface area contributed by atoms with Gasteiger partial charge in [0.15, 0.2) is 0 Å². The van der Waals surface area contributed by atoms with E-state index in [4.69, 9.17) is 11.6 Å². The minimum Gasteiger partial charge on any atom is -0.207 e. The van der Waals surface area contributed by atoms with Gasteiger partial charge in [0.25, 0.3) is 0 Å². The summed E-state index contributed by atoms with van der Waals surface area (Å²) in [5, 5.41) is 0.342. The minimum absolute atomic E-state index is 0.260. The Kier molecular flexibility index (Phi) is 4.26. The lowest BCUT2D eigenvalue weighted by atomic mass is 10.2. The fourth-order valence-corrected chi connectivity index (χ4v) is 5.94. The first-order valence-corrected chi connectivity index (χ1v) is 9.40. The van der Waals surface area contributed by atoms with E-state index in [2.05, 4.69) is 0 Å². The van der Waals surface area contributed by atoms with Crippen LogP contribution < -0.4 is 0 Å². The van der Waals surface area contributed by atoms with Crippen molar-refractivity contribution in [2.24, 2.45) is 0 Å². The number of halogens is 1. The van der Waals surface area contributed by atoms with Gasteiger partial charge in [0.05, 0.1) is 10.3 Å².